The van der Waals surface area contributed by atoms with Crippen molar-refractivity contribution in [2.45, 2.75) is 49.4 Å². The fraction of sp³-hybridized carbons (Fsp3) is 0.375. The maximum Gasteiger partial charge on any atom is 0.251 e. The normalized spacial score (nSPS) is 20.9. The SMILES string of the molecule is COc1cc(C(=O)NCC(O)(c2cc3c(c(-c4c(F)ccc(Cl)c4F)n2)OC[C@]3(C)C(N)=O)C2CC2)cc2cn(C3(F)CC3)nc12. The second-order valence-corrected chi connectivity index (χ2v) is 12.8. The molecular weight excluding hydrogens is 627 g/mol. The van der Waals surface area contributed by atoms with Gasteiger partial charge in [0, 0.05) is 35.6 Å². The number of halogens is 4. The lowest BCUT2D eigenvalue weighted by Gasteiger charge is -2.30. The van der Waals surface area contributed by atoms with E-state index in [2.05, 4.69) is 15.4 Å². The van der Waals surface area contributed by atoms with Gasteiger partial charge in [0.2, 0.25) is 11.7 Å². The minimum atomic E-state index is -1.82. The number of benzene rings is 2. The molecule has 2 fully saturated rings. The number of nitrogens with zero attached hydrogens (tertiary/aromatic N) is 3. The van der Waals surface area contributed by atoms with Gasteiger partial charge >= 0.3 is 0 Å². The highest BCUT2D eigenvalue weighted by Crippen LogP contribution is 2.51. The number of nitrogens with two attached hydrogens (primary N) is 1. The molecule has 2 saturated carbocycles. The second kappa shape index (κ2) is 10.3. The molecule has 0 spiro atoms. The van der Waals surface area contributed by atoms with E-state index < -0.39 is 45.8 Å². The number of primary amides is 1. The summed E-state index contributed by atoms with van der Waals surface area (Å²) >= 11 is 6.00. The second-order valence-electron chi connectivity index (χ2n) is 12.4. The van der Waals surface area contributed by atoms with E-state index in [9.17, 15) is 19.1 Å². The maximum absolute atomic E-state index is 15.3. The third kappa shape index (κ3) is 4.66. The highest BCUT2D eigenvalue weighted by Gasteiger charge is 2.50. The van der Waals surface area contributed by atoms with Crippen LogP contribution in [0.25, 0.3) is 22.2 Å². The van der Waals surface area contributed by atoms with Crippen molar-refractivity contribution in [2.24, 2.45) is 11.7 Å². The fourth-order valence-corrected chi connectivity index (χ4v) is 6.13. The van der Waals surface area contributed by atoms with Gasteiger partial charge in [0.25, 0.3) is 5.91 Å². The number of amides is 2. The molecule has 240 valence electrons. The maximum atomic E-state index is 15.3. The minimum absolute atomic E-state index is 0.0345. The first kappa shape index (κ1) is 30.3. The van der Waals surface area contributed by atoms with Crippen LogP contribution in [0.5, 0.6) is 11.5 Å². The van der Waals surface area contributed by atoms with E-state index in [0.717, 1.165) is 12.1 Å². The van der Waals surface area contributed by atoms with Crippen LogP contribution >= 0.6 is 11.6 Å². The standard InChI is InChI=1S/C32H29ClF3N5O5/c1-30(29(37)43)14-46-27-18(30)11-22(39-26(27)23-20(34)6-5-19(33)24(23)35)32(44,17-3-4-17)13-38-28(42)15-9-16-12-41(31(36)7-8-31)40-25(16)21(10-15)45-2/h5-6,9-12,17,44H,3-4,7-8,13-14H2,1-2H3,(H2,37,43)(H,38,42)/t30-,32?/m0/s1. The van der Waals surface area contributed by atoms with Crippen LogP contribution in [0.2, 0.25) is 5.02 Å². The number of ether oxygens (including phenoxy) is 2. The van der Waals surface area contributed by atoms with E-state index >= 15 is 8.78 Å². The third-order valence-corrected chi connectivity index (χ3v) is 9.53. The van der Waals surface area contributed by atoms with Crippen LogP contribution in [0.3, 0.4) is 0 Å². The Balaban J connectivity index is 1.28. The predicted molar refractivity (Wildman–Crippen MR) is 160 cm³/mol. The van der Waals surface area contributed by atoms with Gasteiger partial charge in [-0.25, -0.2) is 22.8 Å². The summed E-state index contributed by atoms with van der Waals surface area (Å²) in [6.07, 6.45) is 3.36. The van der Waals surface area contributed by atoms with Crippen molar-refractivity contribution in [1.82, 2.24) is 20.1 Å². The van der Waals surface area contributed by atoms with Gasteiger partial charge in [0.15, 0.2) is 5.82 Å². The molecule has 4 N–H and O–H groups in total. The number of nitrogens with one attached hydrogen (secondary N) is 1. The van der Waals surface area contributed by atoms with Crippen molar-refractivity contribution in [3.05, 3.63) is 70.0 Å². The monoisotopic (exact) mass is 655 g/mol. The van der Waals surface area contributed by atoms with Crippen molar-refractivity contribution in [3.63, 3.8) is 0 Å². The van der Waals surface area contributed by atoms with Gasteiger partial charge in [-0.3, -0.25) is 9.59 Å². The minimum Gasteiger partial charge on any atom is -0.494 e. The Kier molecular flexibility index (Phi) is 6.80. The lowest BCUT2D eigenvalue weighted by atomic mass is 9.81. The van der Waals surface area contributed by atoms with E-state index in [1.165, 1.54) is 37.0 Å². The smallest absolute Gasteiger partial charge is 0.251 e. The lowest BCUT2D eigenvalue weighted by Crippen LogP contribution is -2.44. The van der Waals surface area contributed by atoms with Crippen LogP contribution in [0.4, 0.5) is 13.2 Å². The highest BCUT2D eigenvalue weighted by molar-refractivity contribution is 6.31. The number of hydrogen-bond acceptors (Lipinski definition) is 7. The zero-order valence-electron chi connectivity index (χ0n) is 24.8. The van der Waals surface area contributed by atoms with Gasteiger partial charge in [-0.1, -0.05) is 11.6 Å². The van der Waals surface area contributed by atoms with Crippen LogP contribution < -0.4 is 20.5 Å². The first-order chi connectivity index (χ1) is 21.8. The zero-order valence-corrected chi connectivity index (χ0v) is 25.6. The van der Waals surface area contributed by atoms with Gasteiger partial charge in [-0.05, 0) is 56.0 Å². The summed E-state index contributed by atoms with van der Waals surface area (Å²) in [7, 11) is 1.41. The number of carbonyl (C=O) groups excluding carboxylic acids is 2. The Bertz CT molecular complexity index is 1960. The number of hydrogen-bond donors (Lipinski definition) is 3. The molecule has 3 aliphatic rings. The number of fused-ring (bicyclic) bond motifs is 2. The van der Waals surface area contributed by atoms with Crippen molar-refractivity contribution < 1.29 is 37.3 Å². The summed E-state index contributed by atoms with van der Waals surface area (Å²) in [5.74, 6) is -5.13. The number of pyridine rings is 1. The molecular formula is C32H29ClF3N5O5. The largest absolute Gasteiger partial charge is 0.494 e. The molecule has 2 amide bonds. The number of alkyl halides is 1. The number of methoxy groups -OCH3 is 1. The summed E-state index contributed by atoms with van der Waals surface area (Å²) < 4.78 is 57.6. The van der Waals surface area contributed by atoms with Crippen LogP contribution in [0.1, 0.15) is 54.2 Å². The molecule has 1 aliphatic heterocycles. The van der Waals surface area contributed by atoms with E-state index in [0.29, 0.717) is 36.6 Å². The summed E-state index contributed by atoms with van der Waals surface area (Å²) in [6.45, 7) is 0.962. The van der Waals surface area contributed by atoms with Gasteiger partial charge in [-0.2, -0.15) is 5.10 Å². The first-order valence-corrected chi connectivity index (χ1v) is 15.1. The lowest BCUT2D eigenvalue weighted by molar-refractivity contribution is -0.123. The summed E-state index contributed by atoms with van der Waals surface area (Å²) in [5, 5.41) is 19.4. The van der Waals surface area contributed by atoms with Crippen molar-refractivity contribution in [1.29, 1.82) is 0 Å². The molecule has 7 rings (SSSR count). The van der Waals surface area contributed by atoms with Crippen LogP contribution in [-0.4, -0.2) is 51.9 Å². The third-order valence-electron chi connectivity index (χ3n) is 9.24. The van der Waals surface area contributed by atoms with Crippen molar-refractivity contribution in [2.75, 3.05) is 20.3 Å². The Morgan fingerprint density at radius 3 is 2.65 bits per heavy atom. The van der Waals surface area contributed by atoms with E-state index in [1.807, 2.05) is 0 Å². The Morgan fingerprint density at radius 2 is 2.00 bits per heavy atom. The van der Waals surface area contributed by atoms with Crippen molar-refractivity contribution in [3.8, 4) is 22.8 Å². The summed E-state index contributed by atoms with van der Waals surface area (Å²) in [5.41, 5.74) is 2.35. The van der Waals surface area contributed by atoms with Gasteiger partial charge in [0.1, 0.15) is 46.1 Å². The fourth-order valence-electron chi connectivity index (χ4n) is 5.97. The highest BCUT2D eigenvalue weighted by atomic mass is 35.5. The number of aliphatic hydroxyl groups is 1. The number of aromatic nitrogens is 3. The van der Waals surface area contributed by atoms with Gasteiger partial charge in [-0.15, -0.1) is 0 Å². The van der Waals surface area contributed by atoms with Crippen LogP contribution in [0.15, 0.2) is 36.5 Å². The first-order valence-electron chi connectivity index (χ1n) is 14.7. The molecule has 0 bridgehead atoms. The molecule has 1 unspecified atom stereocenters. The molecule has 2 aromatic heterocycles. The Hall–Kier alpha value is -4.36. The van der Waals surface area contributed by atoms with Crippen LogP contribution in [-0.2, 0) is 21.6 Å². The molecule has 0 radical (unpaired) electrons. The molecule has 2 aliphatic carbocycles. The van der Waals surface area contributed by atoms with E-state index in [4.69, 9.17) is 26.8 Å². The Morgan fingerprint density at radius 1 is 1.26 bits per heavy atom. The predicted octanol–water partition coefficient (Wildman–Crippen LogP) is 4.62. The molecule has 0 saturated heterocycles. The molecule has 3 heterocycles. The molecule has 4 aromatic rings. The molecule has 2 atom stereocenters. The van der Waals surface area contributed by atoms with E-state index in [1.54, 1.807) is 6.07 Å². The molecule has 10 nitrogen and oxygen atoms in total. The zero-order chi connectivity index (χ0) is 32.8. The quantitative estimate of drug-likeness (QED) is 0.224. The number of rotatable bonds is 9. The summed E-state index contributed by atoms with van der Waals surface area (Å²) in [4.78, 5) is 30.6. The van der Waals surface area contributed by atoms with Gasteiger partial charge in [0.05, 0.1) is 29.9 Å². The van der Waals surface area contributed by atoms with Gasteiger partial charge < -0.3 is 25.6 Å². The molecule has 14 heteroatoms. The topological polar surface area (TPSA) is 142 Å². The van der Waals surface area contributed by atoms with Crippen molar-refractivity contribution >= 4 is 34.3 Å². The molecule has 46 heavy (non-hydrogen) atoms. The number of carbonyl (C=O) groups is 2. The summed E-state index contributed by atoms with van der Waals surface area (Å²) in [6, 6.07) is 6.49. The Labute approximate surface area is 265 Å². The van der Waals surface area contributed by atoms with Crippen LogP contribution in [0, 0.1) is 17.6 Å². The molecule has 2 aromatic carbocycles. The average molecular weight is 656 g/mol. The average Bonchev–Trinajstić information content (AvgIpc) is 3.95. The van der Waals surface area contributed by atoms with E-state index in [-0.39, 0.29) is 58.1 Å².